The van der Waals surface area contributed by atoms with E-state index in [0.717, 1.165) is 22.3 Å². The van der Waals surface area contributed by atoms with E-state index >= 15 is 0 Å². The molecule has 1 unspecified atom stereocenters. The van der Waals surface area contributed by atoms with Gasteiger partial charge in [-0.05, 0) is 36.2 Å². The molecule has 2 aromatic heterocycles. The lowest BCUT2D eigenvalue weighted by atomic mass is 9.98. The van der Waals surface area contributed by atoms with Crippen molar-refractivity contribution in [1.82, 2.24) is 14.6 Å². The van der Waals surface area contributed by atoms with Gasteiger partial charge in [-0.2, -0.15) is 5.10 Å². The second-order valence-corrected chi connectivity index (χ2v) is 5.93. The van der Waals surface area contributed by atoms with E-state index in [-0.39, 0.29) is 11.9 Å². The summed E-state index contributed by atoms with van der Waals surface area (Å²) in [6.45, 7) is 1.94. The number of benzene rings is 2. The molecule has 1 atom stereocenters. The molecule has 0 aliphatic heterocycles. The maximum absolute atomic E-state index is 13.8. The van der Waals surface area contributed by atoms with Crippen LogP contribution >= 0.6 is 0 Å². The zero-order chi connectivity index (χ0) is 17.2. The topological polar surface area (TPSA) is 42.2 Å². The van der Waals surface area contributed by atoms with Gasteiger partial charge in [0.1, 0.15) is 11.3 Å². The van der Waals surface area contributed by atoms with Gasteiger partial charge in [0, 0.05) is 12.4 Å². The van der Waals surface area contributed by atoms with Crippen molar-refractivity contribution in [3.05, 3.63) is 95.7 Å². The van der Waals surface area contributed by atoms with Gasteiger partial charge >= 0.3 is 0 Å². The van der Waals surface area contributed by atoms with E-state index in [9.17, 15) is 4.39 Å². The van der Waals surface area contributed by atoms with Gasteiger partial charge in [-0.25, -0.2) is 13.9 Å². The first kappa shape index (κ1) is 15.3. The minimum Gasteiger partial charge on any atom is -0.357 e. The summed E-state index contributed by atoms with van der Waals surface area (Å²) < 4.78 is 15.6. The molecule has 0 bridgehead atoms. The Labute approximate surface area is 145 Å². The maximum atomic E-state index is 13.8. The van der Waals surface area contributed by atoms with Crippen molar-refractivity contribution in [1.29, 1.82) is 0 Å². The molecule has 4 aromatic rings. The molecule has 0 radical (unpaired) electrons. The normalized spacial score (nSPS) is 12.2. The number of halogens is 1. The summed E-state index contributed by atoms with van der Waals surface area (Å²) in [6, 6.07) is 18.3. The molecular weight excluding hydrogens is 315 g/mol. The summed E-state index contributed by atoms with van der Waals surface area (Å²) in [7, 11) is 0. The predicted octanol–water partition coefficient (Wildman–Crippen LogP) is 4.38. The number of aromatic nitrogens is 3. The Morgan fingerprint density at radius 2 is 1.80 bits per heavy atom. The van der Waals surface area contributed by atoms with Gasteiger partial charge < -0.3 is 5.32 Å². The van der Waals surface area contributed by atoms with Crippen LogP contribution in [0.25, 0.3) is 5.52 Å². The predicted molar refractivity (Wildman–Crippen MR) is 96.0 cm³/mol. The SMILES string of the molecule is Cc1cc2c(NC(c3ccccc3)c3cccc(F)c3)nccn2n1. The van der Waals surface area contributed by atoms with Crippen molar-refractivity contribution in [2.75, 3.05) is 5.32 Å². The standard InChI is InChI=1S/C20H17FN4/c1-14-12-18-20(22-10-11-25(18)24-14)23-19(15-6-3-2-4-7-15)16-8-5-9-17(21)13-16/h2-13,19H,1H3,(H,22,23). The second kappa shape index (κ2) is 6.36. The van der Waals surface area contributed by atoms with Crippen LogP contribution in [-0.4, -0.2) is 14.6 Å². The van der Waals surface area contributed by atoms with E-state index < -0.39 is 0 Å². The molecular formula is C20H17FN4. The van der Waals surface area contributed by atoms with Gasteiger partial charge in [-0.3, -0.25) is 0 Å². The van der Waals surface area contributed by atoms with Gasteiger partial charge in [0.25, 0.3) is 0 Å². The van der Waals surface area contributed by atoms with Crippen molar-refractivity contribution < 1.29 is 4.39 Å². The highest BCUT2D eigenvalue weighted by Gasteiger charge is 2.17. The Morgan fingerprint density at radius 1 is 1.00 bits per heavy atom. The van der Waals surface area contributed by atoms with Crippen LogP contribution in [0.5, 0.6) is 0 Å². The van der Waals surface area contributed by atoms with Crippen molar-refractivity contribution in [3.63, 3.8) is 0 Å². The van der Waals surface area contributed by atoms with Crippen LogP contribution in [0.1, 0.15) is 22.9 Å². The van der Waals surface area contributed by atoms with E-state index in [4.69, 9.17) is 0 Å². The average Bonchev–Trinajstić information content (AvgIpc) is 3.01. The Kier molecular flexibility index (Phi) is 3.90. The molecule has 124 valence electrons. The molecule has 5 heteroatoms. The second-order valence-electron chi connectivity index (χ2n) is 5.93. The summed E-state index contributed by atoms with van der Waals surface area (Å²) in [6.07, 6.45) is 3.52. The Hall–Kier alpha value is -3.21. The first-order chi connectivity index (χ1) is 12.2. The van der Waals surface area contributed by atoms with Gasteiger partial charge in [0.2, 0.25) is 0 Å². The molecule has 0 fully saturated rings. The van der Waals surface area contributed by atoms with Crippen LogP contribution in [0.3, 0.4) is 0 Å². The molecule has 0 saturated heterocycles. The third-order valence-corrected chi connectivity index (χ3v) is 4.11. The van der Waals surface area contributed by atoms with E-state index in [1.54, 1.807) is 22.8 Å². The van der Waals surface area contributed by atoms with Gasteiger partial charge in [-0.15, -0.1) is 0 Å². The summed E-state index contributed by atoms with van der Waals surface area (Å²) >= 11 is 0. The van der Waals surface area contributed by atoms with E-state index in [1.165, 1.54) is 6.07 Å². The molecule has 0 aliphatic carbocycles. The molecule has 0 spiro atoms. The number of nitrogens with one attached hydrogen (secondary N) is 1. The third-order valence-electron chi connectivity index (χ3n) is 4.11. The van der Waals surface area contributed by atoms with Crippen molar-refractivity contribution in [3.8, 4) is 0 Å². The van der Waals surface area contributed by atoms with Crippen LogP contribution in [0.15, 0.2) is 73.1 Å². The fraction of sp³-hybridized carbons (Fsp3) is 0.100. The molecule has 4 nitrogen and oxygen atoms in total. The van der Waals surface area contributed by atoms with Gasteiger partial charge in [0.05, 0.1) is 11.7 Å². The number of hydrogen-bond acceptors (Lipinski definition) is 3. The Bertz CT molecular complexity index is 1010. The molecule has 0 saturated carbocycles. The van der Waals surface area contributed by atoms with E-state index in [0.29, 0.717) is 5.82 Å². The molecule has 0 amide bonds. The lowest BCUT2D eigenvalue weighted by Crippen LogP contribution is -2.14. The lowest BCUT2D eigenvalue weighted by molar-refractivity contribution is 0.624. The van der Waals surface area contributed by atoms with E-state index in [2.05, 4.69) is 15.4 Å². The number of anilines is 1. The first-order valence-electron chi connectivity index (χ1n) is 8.08. The highest BCUT2D eigenvalue weighted by molar-refractivity contribution is 5.69. The van der Waals surface area contributed by atoms with Crippen molar-refractivity contribution >= 4 is 11.3 Å². The number of hydrogen-bond donors (Lipinski definition) is 1. The summed E-state index contributed by atoms with van der Waals surface area (Å²) in [5, 5.41) is 7.87. The first-order valence-corrected chi connectivity index (χ1v) is 8.08. The van der Waals surface area contributed by atoms with Crippen LogP contribution in [0.2, 0.25) is 0 Å². The molecule has 2 aromatic carbocycles. The zero-order valence-corrected chi connectivity index (χ0v) is 13.7. The van der Waals surface area contributed by atoms with Crippen molar-refractivity contribution in [2.24, 2.45) is 0 Å². The highest BCUT2D eigenvalue weighted by Crippen LogP contribution is 2.28. The summed E-state index contributed by atoms with van der Waals surface area (Å²) in [5.41, 5.74) is 3.68. The minimum absolute atomic E-state index is 0.217. The summed E-state index contributed by atoms with van der Waals surface area (Å²) in [5.74, 6) is 0.452. The number of fused-ring (bicyclic) bond motifs is 1. The molecule has 0 aliphatic rings. The van der Waals surface area contributed by atoms with Crippen molar-refractivity contribution in [2.45, 2.75) is 13.0 Å². The smallest absolute Gasteiger partial charge is 0.152 e. The van der Waals surface area contributed by atoms with Gasteiger partial charge in [-0.1, -0.05) is 42.5 Å². The highest BCUT2D eigenvalue weighted by atomic mass is 19.1. The maximum Gasteiger partial charge on any atom is 0.152 e. The molecule has 4 rings (SSSR count). The van der Waals surface area contributed by atoms with Crippen LogP contribution in [0.4, 0.5) is 10.2 Å². The molecule has 2 heterocycles. The minimum atomic E-state index is -0.258. The van der Waals surface area contributed by atoms with Crippen LogP contribution in [-0.2, 0) is 0 Å². The average molecular weight is 332 g/mol. The van der Waals surface area contributed by atoms with Gasteiger partial charge in [0.15, 0.2) is 5.82 Å². The Morgan fingerprint density at radius 3 is 2.60 bits per heavy atom. The van der Waals surface area contributed by atoms with E-state index in [1.807, 2.05) is 55.6 Å². The lowest BCUT2D eigenvalue weighted by Gasteiger charge is -2.21. The molecule has 25 heavy (non-hydrogen) atoms. The van der Waals surface area contributed by atoms with Crippen LogP contribution < -0.4 is 5.32 Å². The fourth-order valence-electron chi connectivity index (χ4n) is 2.98. The monoisotopic (exact) mass is 332 g/mol. The zero-order valence-electron chi connectivity index (χ0n) is 13.7. The number of rotatable bonds is 4. The number of aryl methyl sites for hydroxylation is 1. The fourth-order valence-corrected chi connectivity index (χ4v) is 2.98. The third kappa shape index (κ3) is 3.08. The largest absolute Gasteiger partial charge is 0.357 e. The molecule has 1 N–H and O–H groups in total. The quantitative estimate of drug-likeness (QED) is 0.603. The summed E-state index contributed by atoms with van der Waals surface area (Å²) in [4.78, 5) is 4.47. The number of nitrogens with zero attached hydrogens (tertiary/aromatic N) is 3. The van der Waals surface area contributed by atoms with Crippen LogP contribution in [0, 0.1) is 12.7 Å². The Balaban J connectivity index is 1.81.